The minimum atomic E-state index is -0.309. The molecule has 0 aliphatic carbocycles. The number of aryl methyl sites for hydroxylation is 1. The first-order valence-electron chi connectivity index (χ1n) is 7.13. The molecule has 0 atom stereocenters. The number of ether oxygens (including phenoxy) is 1. The molecule has 1 heterocycles. The number of carbonyl (C=O) groups excluding carboxylic acids is 1. The SMILES string of the molecule is Cc1ccc(C(C)C)c(OCC(=O)NN=Cc2ccoc2)c1. The van der Waals surface area contributed by atoms with Crippen LogP contribution in [0.4, 0.5) is 0 Å². The average molecular weight is 300 g/mol. The van der Waals surface area contributed by atoms with E-state index in [9.17, 15) is 4.79 Å². The van der Waals surface area contributed by atoms with Gasteiger partial charge < -0.3 is 9.15 Å². The second kappa shape index (κ2) is 7.45. The number of rotatable bonds is 6. The summed E-state index contributed by atoms with van der Waals surface area (Å²) in [5, 5.41) is 3.84. The summed E-state index contributed by atoms with van der Waals surface area (Å²) in [7, 11) is 0. The quantitative estimate of drug-likeness (QED) is 0.658. The zero-order valence-corrected chi connectivity index (χ0v) is 13.0. The van der Waals surface area contributed by atoms with Crippen LogP contribution in [-0.2, 0) is 4.79 Å². The van der Waals surface area contributed by atoms with Gasteiger partial charge in [0, 0.05) is 5.56 Å². The minimum Gasteiger partial charge on any atom is -0.483 e. The zero-order chi connectivity index (χ0) is 15.9. The molecule has 1 aromatic heterocycles. The number of hydrogen-bond acceptors (Lipinski definition) is 4. The highest BCUT2D eigenvalue weighted by Crippen LogP contribution is 2.27. The average Bonchev–Trinajstić information content (AvgIpc) is 2.98. The first-order chi connectivity index (χ1) is 10.6. The molecule has 0 bridgehead atoms. The predicted molar refractivity (Wildman–Crippen MR) is 85.2 cm³/mol. The molecular formula is C17H20N2O3. The molecule has 0 aliphatic heterocycles. The van der Waals surface area contributed by atoms with Crippen molar-refractivity contribution in [2.75, 3.05) is 6.61 Å². The van der Waals surface area contributed by atoms with Crippen LogP contribution < -0.4 is 10.2 Å². The van der Waals surface area contributed by atoms with Gasteiger partial charge >= 0.3 is 0 Å². The molecule has 2 aromatic rings. The Balaban J connectivity index is 1.89. The molecule has 0 radical (unpaired) electrons. The predicted octanol–water partition coefficient (Wildman–Crippen LogP) is 3.24. The second-order valence-electron chi connectivity index (χ2n) is 5.33. The van der Waals surface area contributed by atoms with Crippen LogP contribution in [0.25, 0.3) is 0 Å². The molecule has 1 N–H and O–H groups in total. The number of nitrogens with one attached hydrogen (secondary N) is 1. The number of furan rings is 1. The van der Waals surface area contributed by atoms with Gasteiger partial charge in [-0.15, -0.1) is 0 Å². The van der Waals surface area contributed by atoms with Gasteiger partial charge in [0.05, 0.1) is 18.7 Å². The van der Waals surface area contributed by atoms with Crippen molar-refractivity contribution in [3.8, 4) is 5.75 Å². The van der Waals surface area contributed by atoms with Crippen LogP contribution in [0.5, 0.6) is 5.75 Å². The summed E-state index contributed by atoms with van der Waals surface area (Å²) in [4.78, 5) is 11.7. The molecule has 0 saturated heterocycles. The van der Waals surface area contributed by atoms with Crippen molar-refractivity contribution in [3.63, 3.8) is 0 Å². The van der Waals surface area contributed by atoms with Crippen LogP contribution in [0.2, 0.25) is 0 Å². The largest absolute Gasteiger partial charge is 0.483 e. The van der Waals surface area contributed by atoms with Gasteiger partial charge in [0.1, 0.15) is 5.75 Å². The molecule has 1 aromatic carbocycles. The highest BCUT2D eigenvalue weighted by Gasteiger charge is 2.09. The number of carbonyl (C=O) groups is 1. The first-order valence-corrected chi connectivity index (χ1v) is 7.13. The van der Waals surface area contributed by atoms with E-state index < -0.39 is 0 Å². The Morgan fingerprint density at radius 1 is 1.41 bits per heavy atom. The highest BCUT2D eigenvalue weighted by molar-refractivity contribution is 5.82. The van der Waals surface area contributed by atoms with Crippen LogP contribution in [0, 0.1) is 6.92 Å². The highest BCUT2D eigenvalue weighted by atomic mass is 16.5. The third kappa shape index (κ3) is 4.48. The maximum absolute atomic E-state index is 11.7. The molecule has 0 spiro atoms. The van der Waals surface area contributed by atoms with E-state index in [1.165, 1.54) is 18.7 Å². The van der Waals surface area contributed by atoms with Gasteiger partial charge in [0.25, 0.3) is 5.91 Å². The summed E-state index contributed by atoms with van der Waals surface area (Å²) in [6.45, 7) is 6.09. The fourth-order valence-electron chi connectivity index (χ4n) is 1.95. The van der Waals surface area contributed by atoms with Gasteiger partial charge in [-0.25, -0.2) is 5.43 Å². The topological polar surface area (TPSA) is 63.8 Å². The van der Waals surface area contributed by atoms with Crippen molar-refractivity contribution in [2.45, 2.75) is 26.7 Å². The third-order valence-electron chi connectivity index (χ3n) is 3.10. The summed E-state index contributed by atoms with van der Waals surface area (Å²) >= 11 is 0. The summed E-state index contributed by atoms with van der Waals surface area (Å²) in [5.41, 5.74) is 5.38. The van der Waals surface area contributed by atoms with Crippen LogP contribution in [0.3, 0.4) is 0 Å². The molecular weight excluding hydrogens is 280 g/mol. The number of nitrogens with zero attached hydrogens (tertiary/aromatic N) is 1. The van der Waals surface area contributed by atoms with Crippen molar-refractivity contribution in [2.24, 2.45) is 5.10 Å². The Morgan fingerprint density at radius 3 is 2.91 bits per heavy atom. The molecule has 116 valence electrons. The van der Waals surface area contributed by atoms with Crippen LogP contribution in [0.15, 0.2) is 46.3 Å². The fraction of sp³-hybridized carbons (Fsp3) is 0.294. The van der Waals surface area contributed by atoms with E-state index in [0.717, 1.165) is 22.4 Å². The van der Waals surface area contributed by atoms with Crippen LogP contribution in [0.1, 0.15) is 36.5 Å². The lowest BCUT2D eigenvalue weighted by Crippen LogP contribution is -2.24. The lowest BCUT2D eigenvalue weighted by atomic mass is 10.0. The van der Waals surface area contributed by atoms with Crippen LogP contribution in [-0.4, -0.2) is 18.7 Å². The smallest absolute Gasteiger partial charge is 0.277 e. The second-order valence-corrected chi connectivity index (χ2v) is 5.33. The lowest BCUT2D eigenvalue weighted by molar-refractivity contribution is -0.123. The Kier molecular flexibility index (Phi) is 5.36. The maximum atomic E-state index is 11.7. The van der Waals surface area contributed by atoms with E-state index in [2.05, 4.69) is 24.4 Å². The van der Waals surface area contributed by atoms with Gasteiger partial charge in [0.2, 0.25) is 0 Å². The fourth-order valence-corrected chi connectivity index (χ4v) is 1.95. The van der Waals surface area contributed by atoms with Gasteiger partial charge in [0.15, 0.2) is 6.61 Å². The Hall–Kier alpha value is -2.56. The van der Waals surface area contributed by atoms with Crippen LogP contribution >= 0.6 is 0 Å². The zero-order valence-electron chi connectivity index (χ0n) is 13.0. The molecule has 1 amide bonds. The number of benzene rings is 1. The molecule has 2 rings (SSSR count). The molecule has 0 aliphatic rings. The Morgan fingerprint density at radius 2 is 2.23 bits per heavy atom. The minimum absolute atomic E-state index is 0.0775. The van der Waals surface area contributed by atoms with Crippen molar-refractivity contribution < 1.29 is 13.9 Å². The molecule has 0 fully saturated rings. The lowest BCUT2D eigenvalue weighted by Gasteiger charge is -2.14. The van der Waals surface area contributed by atoms with Gasteiger partial charge in [-0.2, -0.15) is 5.10 Å². The Bertz CT molecular complexity index is 646. The summed E-state index contributed by atoms with van der Waals surface area (Å²) < 4.78 is 10.5. The molecule has 5 nitrogen and oxygen atoms in total. The van der Waals surface area contributed by atoms with Crippen molar-refractivity contribution in [3.05, 3.63) is 53.5 Å². The van der Waals surface area contributed by atoms with E-state index >= 15 is 0 Å². The monoisotopic (exact) mass is 300 g/mol. The van der Waals surface area contributed by atoms with E-state index in [1.54, 1.807) is 6.07 Å². The Labute approximate surface area is 130 Å². The van der Waals surface area contributed by atoms with Crippen molar-refractivity contribution >= 4 is 12.1 Å². The van der Waals surface area contributed by atoms with Crippen molar-refractivity contribution in [1.29, 1.82) is 0 Å². The number of hydrogen-bond donors (Lipinski definition) is 1. The van der Waals surface area contributed by atoms with Crippen molar-refractivity contribution in [1.82, 2.24) is 5.43 Å². The van der Waals surface area contributed by atoms with Gasteiger partial charge in [-0.1, -0.05) is 26.0 Å². The normalized spacial score (nSPS) is 11.1. The first kappa shape index (κ1) is 15.8. The molecule has 22 heavy (non-hydrogen) atoms. The van der Waals surface area contributed by atoms with Gasteiger partial charge in [-0.05, 0) is 36.1 Å². The number of amides is 1. The summed E-state index contributed by atoms with van der Waals surface area (Å²) in [5.74, 6) is 0.762. The molecule has 0 unspecified atom stereocenters. The maximum Gasteiger partial charge on any atom is 0.277 e. The summed E-state index contributed by atoms with van der Waals surface area (Å²) in [6, 6.07) is 7.76. The van der Waals surface area contributed by atoms with E-state index in [-0.39, 0.29) is 12.5 Å². The third-order valence-corrected chi connectivity index (χ3v) is 3.10. The molecule has 5 heteroatoms. The van der Waals surface area contributed by atoms with E-state index in [0.29, 0.717) is 5.92 Å². The standard InChI is InChI=1S/C17H20N2O3/c1-12(2)15-5-4-13(3)8-16(15)22-11-17(20)19-18-9-14-6-7-21-10-14/h4-10,12H,11H2,1-3H3,(H,19,20). The van der Waals surface area contributed by atoms with E-state index in [1.807, 2.05) is 25.1 Å². The summed E-state index contributed by atoms with van der Waals surface area (Å²) in [6.07, 6.45) is 4.58. The number of hydrazone groups is 1. The van der Waals surface area contributed by atoms with E-state index in [4.69, 9.17) is 9.15 Å². The van der Waals surface area contributed by atoms with Gasteiger partial charge in [-0.3, -0.25) is 4.79 Å². The molecule has 0 saturated carbocycles.